The lowest BCUT2D eigenvalue weighted by atomic mass is 9.89. The Kier molecular flexibility index (Phi) is 3.57. The molecule has 0 bridgehead atoms. The van der Waals surface area contributed by atoms with Gasteiger partial charge in [-0.15, -0.1) is 11.3 Å². The number of hydrogen-bond acceptors (Lipinski definition) is 4. The first-order valence-electron chi connectivity index (χ1n) is 8.33. The van der Waals surface area contributed by atoms with Crippen LogP contribution in [0.2, 0.25) is 0 Å². The summed E-state index contributed by atoms with van der Waals surface area (Å²) in [6.45, 7) is 4.69. The fourth-order valence-corrected chi connectivity index (χ4v) is 5.13. The second-order valence-electron chi connectivity index (χ2n) is 6.63. The smallest absolute Gasteiger partial charge is 0.141 e. The molecule has 0 unspecified atom stereocenters. The Labute approximate surface area is 130 Å². The number of aromatic nitrogens is 2. The summed E-state index contributed by atoms with van der Waals surface area (Å²) < 4.78 is 0. The summed E-state index contributed by atoms with van der Waals surface area (Å²) in [6.07, 6.45) is 10.9. The highest BCUT2D eigenvalue weighted by Gasteiger charge is 2.25. The van der Waals surface area contributed by atoms with Crippen LogP contribution in [0.25, 0.3) is 10.2 Å². The van der Waals surface area contributed by atoms with E-state index in [2.05, 4.69) is 16.8 Å². The van der Waals surface area contributed by atoms with E-state index in [-0.39, 0.29) is 0 Å². The highest BCUT2D eigenvalue weighted by molar-refractivity contribution is 7.19. The Morgan fingerprint density at radius 1 is 1.14 bits per heavy atom. The van der Waals surface area contributed by atoms with Gasteiger partial charge in [0.25, 0.3) is 0 Å². The predicted molar refractivity (Wildman–Crippen MR) is 89.3 cm³/mol. The van der Waals surface area contributed by atoms with E-state index in [0.717, 1.165) is 19.0 Å². The molecule has 0 spiro atoms. The standard InChI is InChI=1S/C17H23N3S/c1-12-6-7-13-14(10-12)21-17-15(13)16(18-11-19-17)20-8-4-2-3-5-9-20/h11-12H,2-10H2,1H3/t12-/m0/s1. The van der Waals surface area contributed by atoms with Gasteiger partial charge in [0.2, 0.25) is 0 Å². The third-order valence-electron chi connectivity index (χ3n) is 4.98. The molecule has 1 atom stereocenters. The lowest BCUT2D eigenvalue weighted by molar-refractivity contribution is 0.509. The molecule has 4 rings (SSSR count). The first kappa shape index (κ1) is 13.5. The van der Waals surface area contributed by atoms with Crippen LogP contribution in [-0.4, -0.2) is 23.1 Å². The van der Waals surface area contributed by atoms with E-state index in [1.807, 2.05) is 11.3 Å². The molecule has 0 N–H and O–H groups in total. The van der Waals surface area contributed by atoms with Crippen molar-refractivity contribution in [3.05, 3.63) is 16.8 Å². The lowest BCUT2D eigenvalue weighted by Crippen LogP contribution is -2.25. The number of rotatable bonds is 1. The van der Waals surface area contributed by atoms with E-state index < -0.39 is 0 Å². The SMILES string of the molecule is C[C@H]1CCc2c(sc3ncnc(N4CCCCCC4)c23)C1. The molecule has 0 amide bonds. The number of nitrogens with zero attached hydrogens (tertiary/aromatic N) is 3. The van der Waals surface area contributed by atoms with Crippen molar-refractivity contribution in [1.29, 1.82) is 0 Å². The minimum atomic E-state index is 0.820. The van der Waals surface area contributed by atoms with Gasteiger partial charge in [-0.1, -0.05) is 19.8 Å². The molecule has 0 saturated carbocycles. The zero-order valence-electron chi connectivity index (χ0n) is 12.8. The van der Waals surface area contributed by atoms with Gasteiger partial charge >= 0.3 is 0 Å². The van der Waals surface area contributed by atoms with Crippen LogP contribution in [0.3, 0.4) is 0 Å². The van der Waals surface area contributed by atoms with Crippen molar-refractivity contribution in [1.82, 2.24) is 9.97 Å². The molecule has 3 heterocycles. The summed E-state index contributed by atoms with van der Waals surface area (Å²) in [6, 6.07) is 0. The minimum absolute atomic E-state index is 0.820. The molecular formula is C17H23N3S. The summed E-state index contributed by atoms with van der Waals surface area (Å²) in [5.74, 6) is 2.04. The Morgan fingerprint density at radius 2 is 1.95 bits per heavy atom. The van der Waals surface area contributed by atoms with Crippen molar-refractivity contribution < 1.29 is 0 Å². The van der Waals surface area contributed by atoms with Crippen LogP contribution in [0.1, 0.15) is 49.5 Å². The van der Waals surface area contributed by atoms with Gasteiger partial charge in [-0.3, -0.25) is 0 Å². The van der Waals surface area contributed by atoms with Gasteiger partial charge in [0, 0.05) is 18.0 Å². The van der Waals surface area contributed by atoms with Gasteiger partial charge in [-0.2, -0.15) is 0 Å². The third-order valence-corrected chi connectivity index (χ3v) is 6.14. The molecule has 4 heteroatoms. The predicted octanol–water partition coefficient (Wildman–Crippen LogP) is 4.20. The Balaban J connectivity index is 1.81. The Bertz CT molecular complexity index is 641. The van der Waals surface area contributed by atoms with Crippen LogP contribution >= 0.6 is 11.3 Å². The maximum absolute atomic E-state index is 4.69. The maximum atomic E-state index is 4.69. The van der Waals surface area contributed by atoms with Crippen LogP contribution < -0.4 is 4.90 Å². The maximum Gasteiger partial charge on any atom is 0.141 e. The van der Waals surface area contributed by atoms with E-state index in [1.165, 1.54) is 61.0 Å². The first-order chi connectivity index (χ1) is 10.3. The van der Waals surface area contributed by atoms with Crippen LogP contribution in [0.4, 0.5) is 5.82 Å². The van der Waals surface area contributed by atoms with Gasteiger partial charge in [0.05, 0.1) is 5.39 Å². The van der Waals surface area contributed by atoms with Crippen LogP contribution in [0.5, 0.6) is 0 Å². The van der Waals surface area contributed by atoms with E-state index in [1.54, 1.807) is 16.8 Å². The third kappa shape index (κ3) is 2.44. The summed E-state index contributed by atoms with van der Waals surface area (Å²) >= 11 is 1.91. The van der Waals surface area contributed by atoms with Crippen molar-refractivity contribution in [2.45, 2.75) is 51.9 Å². The summed E-state index contributed by atoms with van der Waals surface area (Å²) in [5, 5.41) is 1.38. The van der Waals surface area contributed by atoms with Crippen LogP contribution in [0.15, 0.2) is 6.33 Å². The van der Waals surface area contributed by atoms with Crippen LogP contribution in [0, 0.1) is 5.92 Å². The summed E-state index contributed by atoms with van der Waals surface area (Å²) in [4.78, 5) is 14.6. The van der Waals surface area contributed by atoms with E-state index in [9.17, 15) is 0 Å². The van der Waals surface area contributed by atoms with Gasteiger partial charge in [0.15, 0.2) is 0 Å². The number of aryl methyl sites for hydroxylation is 1. The molecular weight excluding hydrogens is 278 g/mol. The zero-order valence-corrected chi connectivity index (χ0v) is 13.6. The quantitative estimate of drug-likeness (QED) is 0.790. The molecule has 2 aromatic heterocycles. The summed E-state index contributed by atoms with van der Waals surface area (Å²) in [5.41, 5.74) is 1.56. The number of anilines is 1. The highest BCUT2D eigenvalue weighted by atomic mass is 32.1. The molecule has 21 heavy (non-hydrogen) atoms. The Hall–Kier alpha value is -1.16. The van der Waals surface area contributed by atoms with Crippen LogP contribution in [-0.2, 0) is 12.8 Å². The molecule has 2 aromatic rings. The van der Waals surface area contributed by atoms with E-state index >= 15 is 0 Å². The van der Waals surface area contributed by atoms with Crippen molar-refractivity contribution in [3.63, 3.8) is 0 Å². The molecule has 1 fully saturated rings. The summed E-state index contributed by atoms with van der Waals surface area (Å²) in [7, 11) is 0. The first-order valence-corrected chi connectivity index (χ1v) is 9.15. The topological polar surface area (TPSA) is 29.0 Å². The molecule has 1 saturated heterocycles. The van der Waals surface area contributed by atoms with Crippen molar-refractivity contribution in [2.75, 3.05) is 18.0 Å². The average molecular weight is 301 g/mol. The lowest BCUT2D eigenvalue weighted by Gasteiger charge is -2.23. The molecule has 3 nitrogen and oxygen atoms in total. The van der Waals surface area contributed by atoms with E-state index in [4.69, 9.17) is 4.98 Å². The van der Waals surface area contributed by atoms with Gasteiger partial charge in [0.1, 0.15) is 17.0 Å². The minimum Gasteiger partial charge on any atom is -0.356 e. The van der Waals surface area contributed by atoms with Gasteiger partial charge in [-0.05, 0) is 43.6 Å². The fraction of sp³-hybridized carbons (Fsp3) is 0.647. The monoisotopic (exact) mass is 301 g/mol. The van der Waals surface area contributed by atoms with Gasteiger partial charge < -0.3 is 4.90 Å². The Morgan fingerprint density at radius 3 is 2.76 bits per heavy atom. The highest BCUT2D eigenvalue weighted by Crippen LogP contribution is 2.40. The average Bonchev–Trinajstić information content (AvgIpc) is 2.68. The van der Waals surface area contributed by atoms with E-state index in [0.29, 0.717) is 0 Å². The number of thiophene rings is 1. The van der Waals surface area contributed by atoms with Crippen molar-refractivity contribution in [3.8, 4) is 0 Å². The number of hydrogen-bond donors (Lipinski definition) is 0. The molecule has 2 aliphatic rings. The molecule has 112 valence electrons. The zero-order chi connectivity index (χ0) is 14.2. The molecule has 0 aromatic carbocycles. The molecule has 1 aliphatic heterocycles. The second kappa shape index (κ2) is 5.56. The molecule has 0 radical (unpaired) electrons. The molecule has 1 aliphatic carbocycles. The van der Waals surface area contributed by atoms with Crippen molar-refractivity contribution in [2.24, 2.45) is 5.92 Å². The fourth-order valence-electron chi connectivity index (χ4n) is 3.78. The number of fused-ring (bicyclic) bond motifs is 3. The second-order valence-corrected chi connectivity index (χ2v) is 7.71. The van der Waals surface area contributed by atoms with Gasteiger partial charge in [-0.25, -0.2) is 9.97 Å². The van der Waals surface area contributed by atoms with Crippen molar-refractivity contribution >= 4 is 27.4 Å². The largest absolute Gasteiger partial charge is 0.356 e. The normalized spacial score (nSPS) is 23.1.